The van der Waals surface area contributed by atoms with Crippen LogP contribution in [-0.2, 0) is 0 Å². The second-order valence-electron chi connectivity index (χ2n) is 5.33. The van der Waals surface area contributed by atoms with Gasteiger partial charge in [-0.25, -0.2) is 0 Å². The van der Waals surface area contributed by atoms with E-state index >= 15 is 0 Å². The third kappa shape index (κ3) is 2.26. The summed E-state index contributed by atoms with van der Waals surface area (Å²) in [6.07, 6.45) is 3.34. The zero-order valence-electron chi connectivity index (χ0n) is 10.1. The minimum Gasteiger partial charge on any atom is -0.371 e. The first-order chi connectivity index (χ1) is 7.62. The van der Waals surface area contributed by atoms with Gasteiger partial charge in [0.2, 0.25) is 0 Å². The van der Waals surface area contributed by atoms with E-state index in [2.05, 4.69) is 18.7 Å². The van der Waals surface area contributed by atoms with Gasteiger partial charge in [0.1, 0.15) is 0 Å². The molecule has 0 bridgehead atoms. The lowest BCUT2D eigenvalue weighted by Gasteiger charge is -2.38. The quantitative estimate of drug-likeness (QED) is 0.709. The Morgan fingerprint density at radius 1 is 1.19 bits per heavy atom. The zero-order chi connectivity index (χ0) is 11.6. The lowest BCUT2D eigenvalue weighted by molar-refractivity contribution is 0.112. The molecule has 1 aliphatic rings. The molecule has 1 aromatic carbocycles. The van der Waals surface area contributed by atoms with Gasteiger partial charge in [-0.2, -0.15) is 0 Å². The van der Waals surface area contributed by atoms with Crippen molar-refractivity contribution in [2.45, 2.75) is 26.7 Å². The first kappa shape index (κ1) is 11.2. The van der Waals surface area contributed by atoms with Crippen LogP contribution in [0.2, 0.25) is 0 Å². The minimum absolute atomic E-state index is 0.451. The molecule has 0 saturated carbocycles. The Bertz CT molecular complexity index is 374. The maximum Gasteiger partial charge on any atom is 0.152 e. The number of benzene rings is 1. The van der Waals surface area contributed by atoms with Crippen molar-refractivity contribution < 1.29 is 4.79 Å². The highest BCUT2D eigenvalue weighted by molar-refractivity contribution is 5.84. The van der Waals surface area contributed by atoms with E-state index in [4.69, 9.17) is 0 Å². The molecule has 0 unspecified atom stereocenters. The smallest absolute Gasteiger partial charge is 0.152 e. The van der Waals surface area contributed by atoms with Crippen molar-refractivity contribution in [1.29, 1.82) is 0 Å². The second kappa shape index (κ2) is 4.28. The van der Waals surface area contributed by atoms with Gasteiger partial charge in [-0.1, -0.05) is 26.0 Å². The average molecular weight is 217 g/mol. The Hall–Kier alpha value is -1.31. The highest BCUT2D eigenvalue weighted by Gasteiger charge is 2.26. The van der Waals surface area contributed by atoms with Crippen LogP contribution in [0, 0.1) is 5.41 Å². The summed E-state index contributed by atoms with van der Waals surface area (Å²) < 4.78 is 0. The van der Waals surface area contributed by atoms with Crippen LogP contribution in [0.3, 0.4) is 0 Å². The molecule has 86 valence electrons. The van der Waals surface area contributed by atoms with E-state index in [1.165, 1.54) is 12.8 Å². The van der Waals surface area contributed by atoms with Gasteiger partial charge in [-0.3, -0.25) is 4.79 Å². The maximum atomic E-state index is 11.0. The lowest BCUT2D eigenvalue weighted by Crippen LogP contribution is -2.37. The van der Waals surface area contributed by atoms with E-state index in [-0.39, 0.29) is 0 Å². The number of carbonyl (C=O) groups is 1. The average Bonchev–Trinajstić information content (AvgIpc) is 2.29. The Balaban J connectivity index is 2.17. The first-order valence-electron chi connectivity index (χ1n) is 5.91. The van der Waals surface area contributed by atoms with Crippen LogP contribution in [0.4, 0.5) is 5.69 Å². The molecule has 0 atom stereocenters. The lowest BCUT2D eigenvalue weighted by atomic mass is 9.82. The van der Waals surface area contributed by atoms with Gasteiger partial charge < -0.3 is 4.90 Å². The zero-order valence-corrected chi connectivity index (χ0v) is 10.1. The highest BCUT2D eigenvalue weighted by Crippen LogP contribution is 2.32. The molecule has 2 nitrogen and oxygen atoms in total. The van der Waals surface area contributed by atoms with E-state index in [9.17, 15) is 4.79 Å². The summed E-state index contributed by atoms with van der Waals surface area (Å²) >= 11 is 0. The summed E-state index contributed by atoms with van der Waals surface area (Å²) in [7, 11) is 0. The molecule has 1 aliphatic heterocycles. The van der Waals surface area contributed by atoms with E-state index in [1.807, 2.05) is 24.3 Å². The summed E-state index contributed by atoms with van der Waals surface area (Å²) in [5.41, 5.74) is 2.35. The van der Waals surface area contributed by atoms with Crippen molar-refractivity contribution in [1.82, 2.24) is 0 Å². The number of carbonyl (C=O) groups excluding carboxylic acids is 1. The topological polar surface area (TPSA) is 20.3 Å². The maximum absolute atomic E-state index is 11.0. The third-order valence-corrected chi connectivity index (χ3v) is 3.52. The number of nitrogens with zero attached hydrogens (tertiary/aromatic N) is 1. The summed E-state index contributed by atoms with van der Waals surface area (Å²) in [5.74, 6) is 0. The van der Waals surface area contributed by atoms with Crippen LogP contribution in [-0.4, -0.2) is 19.4 Å². The fourth-order valence-electron chi connectivity index (χ4n) is 2.23. The number of aldehydes is 1. The summed E-state index contributed by atoms with van der Waals surface area (Å²) in [4.78, 5) is 13.3. The van der Waals surface area contributed by atoms with Gasteiger partial charge in [-0.05, 0) is 30.4 Å². The van der Waals surface area contributed by atoms with Crippen LogP contribution in [0.5, 0.6) is 0 Å². The van der Waals surface area contributed by atoms with E-state index in [0.717, 1.165) is 30.6 Å². The van der Waals surface area contributed by atoms with Crippen molar-refractivity contribution in [3.63, 3.8) is 0 Å². The minimum atomic E-state index is 0.451. The standard InChI is InChI=1S/C14H19NO/c1-14(2)7-9-15(10-8-14)13-6-4-3-5-12(13)11-16/h3-6,11H,7-10H2,1-2H3. The Morgan fingerprint density at radius 3 is 2.44 bits per heavy atom. The Morgan fingerprint density at radius 2 is 1.81 bits per heavy atom. The molecule has 0 N–H and O–H groups in total. The van der Waals surface area contributed by atoms with Crippen LogP contribution in [0.25, 0.3) is 0 Å². The number of hydrogen-bond donors (Lipinski definition) is 0. The summed E-state index contributed by atoms with van der Waals surface area (Å²) in [6, 6.07) is 7.85. The number of piperidine rings is 1. The van der Waals surface area contributed by atoms with Crippen molar-refractivity contribution in [2.24, 2.45) is 5.41 Å². The molecular formula is C14H19NO. The highest BCUT2D eigenvalue weighted by atomic mass is 16.1. The SMILES string of the molecule is CC1(C)CCN(c2ccccc2C=O)CC1. The number of para-hydroxylation sites is 1. The molecule has 0 radical (unpaired) electrons. The van der Waals surface area contributed by atoms with Crippen molar-refractivity contribution in [3.8, 4) is 0 Å². The molecule has 0 aromatic heterocycles. The van der Waals surface area contributed by atoms with Crippen LogP contribution >= 0.6 is 0 Å². The number of hydrogen-bond acceptors (Lipinski definition) is 2. The molecule has 1 heterocycles. The largest absolute Gasteiger partial charge is 0.371 e. The molecule has 0 spiro atoms. The predicted molar refractivity (Wildman–Crippen MR) is 67.1 cm³/mol. The summed E-state index contributed by atoms with van der Waals surface area (Å²) in [5, 5.41) is 0. The van der Waals surface area contributed by atoms with Gasteiger partial charge in [0.05, 0.1) is 0 Å². The van der Waals surface area contributed by atoms with Gasteiger partial charge >= 0.3 is 0 Å². The van der Waals surface area contributed by atoms with E-state index in [0.29, 0.717) is 5.41 Å². The van der Waals surface area contributed by atoms with Crippen LogP contribution < -0.4 is 4.90 Å². The fraction of sp³-hybridized carbons (Fsp3) is 0.500. The molecule has 16 heavy (non-hydrogen) atoms. The number of anilines is 1. The molecule has 2 heteroatoms. The molecule has 1 aromatic rings. The molecule has 1 fully saturated rings. The monoisotopic (exact) mass is 217 g/mol. The second-order valence-corrected chi connectivity index (χ2v) is 5.33. The third-order valence-electron chi connectivity index (χ3n) is 3.52. The fourth-order valence-corrected chi connectivity index (χ4v) is 2.23. The van der Waals surface area contributed by atoms with Crippen molar-refractivity contribution >= 4 is 12.0 Å². The van der Waals surface area contributed by atoms with E-state index < -0.39 is 0 Å². The Kier molecular flexibility index (Phi) is 2.99. The first-order valence-corrected chi connectivity index (χ1v) is 5.91. The van der Waals surface area contributed by atoms with Crippen molar-refractivity contribution in [2.75, 3.05) is 18.0 Å². The van der Waals surface area contributed by atoms with Crippen LogP contribution in [0.15, 0.2) is 24.3 Å². The Labute approximate surface area is 97.3 Å². The molecule has 2 rings (SSSR count). The molecule has 1 saturated heterocycles. The van der Waals surface area contributed by atoms with Gasteiger partial charge in [-0.15, -0.1) is 0 Å². The molecule has 0 aliphatic carbocycles. The van der Waals surface area contributed by atoms with Crippen LogP contribution in [0.1, 0.15) is 37.0 Å². The van der Waals surface area contributed by atoms with E-state index in [1.54, 1.807) is 0 Å². The van der Waals surface area contributed by atoms with Crippen molar-refractivity contribution in [3.05, 3.63) is 29.8 Å². The van der Waals surface area contributed by atoms with Gasteiger partial charge in [0.25, 0.3) is 0 Å². The predicted octanol–water partition coefficient (Wildman–Crippen LogP) is 3.13. The van der Waals surface area contributed by atoms with Gasteiger partial charge in [0.15, 0.2) is 6.29 Å². The van der Waals surface area contributed by atoms with Gasteiger partial charge in [0, 0.05) is 24.3 Å². The molecule has 0 amide bonds. The molecular weight excluding hydrogens is 198 g/mol. The summed E-state index contributed by atoms with van der Waals surface area (Å²) in [6.45, 7) is 6.74. The normalized spacial score (nSPS) is 19.5. The number of rotatable bonds is 2.